The summed E-state index contributed by atoms with van der Waals surface area (Å²) >= 11 is 0. The fourth-order valence-electron chi connectivity index (χ4n) is 11.3. The van der Waals surface area contributed by atoms with Crippen molar-refractivity contribution in [3.8, 4) is 262 Å². The Bertz CT molecular complexity index is 6790. The van der Waals surface area contributed by atoms with Crippen LogP contribution in [0.3, 0.4) is 0 Å². The van der Waals surface area contributed by atoms with E-state index in [9.17, 15) is 4.79 Å². The molecule has 1 amide bonds. The van der Waals surface area contributed by atoms with E-state index < -0.39 is 0 Å². The SMILES string of the molecule is C#CC#CC#CC#CC#CC#CC#CC#CC#CC#CC#CN1C(=CC=CC=Cc2cc[n+](CCCC)c3ccccc23)C(C)(C)c2ccccc21.C#CC#CC#CC#CC#CC#CC#CC#CC#CC#CC#C[N+]1=C(/C=C/C=C/N(C(C)=O)c2ccccc2)C(C)(C)c2ccccc21.CCCCC[n+]1ccc(C)c2ccccc21.I.[HH].[HH].[HH].[HH].[HH].[HH].[HH].[HH].[HH].[HH].[HH].[HH].[HH].[HH].[HH].[HH].[HH].[HH].[HH].[HH].[HH].[HH].[HH].[HH].[HH].[HH].[HH].[HH].[HH].[HH].[HH].[HH].[HH].[HH].[HH].[HH].[HH].[HH].[HH].[HH].[HH].[HH].[HH].[HH].[I-].[I-]. The van der Waals surface area contributed by atoms with E-state index in [4.69, 9.17) is 12.8 Å². The molecule has 0 fully saturated rings. The van der Waals surface area contributed by atoms with Crippen molar-refractivity contribution < 1.29 is 129 Å². The van der Waals surface area contributed by atoms with E-state index in [2.05, 4.69) is 434 Å². The van der Waals surface area contributed by atoms with Gasteiger partial charge < -0.3 is 48.0 Å². The van der Waals surface area contributed by atoms with Crippen molar-refractivity contribution in [1.29, 1.82) is 0 Å². The van der Waals surface area contributed by atoms with Gasteiger partial charge in [0.05, 0.1) is 22.4 Å². The molecule has 0 unspecified atom stereocenters. The van der Waals surface area contributed by atoms with Gasteiger partial charge in [0.25, 0.3) is 0 Å². The zero-order valence-corrected chi connectivity index (χ0v) is 73.2. The number of aromatic nitrogens is 2. The molecule has 0 spiro atoms. The predicted octanol–water partition coefficient (Wildman–Crippen LogP) is 20.7. The highest BCUT2D eigenvalue weighted by Gasteiger charge is 2.44. The van der Waals surface area contributed by atoms with Gasteiger partial charge in [-0.05, 0) is 181 Å². The molecule has 5 aromatic carbocycles. The smallest absolute Gasteiger partial charge is 0.243 e. The van der Waals surface area contributed by atoms with Gasteiger partial charge in [-0.1, -0.05) is 150 Å². The van der Waals surface area contributed by atoms with E-state index in [-0.39, 0.29) is 151 Å². The van der Waals surface area contributed by atoms with Crippen LogP contribution >= 0.6 is 24.0 Å². The first kappa shape index (κ1) is 95.4. The number of hydrogen-bond donors (Lipinski definition) is 0. The van der Waals surface area contributed by atoms with Crippen molar-refractivity contribution in [2.24, 2.45) is 0 Å². The molecule has 6 nitrogen and oxygen atoms in total. The molecule has 118 heavy (non-hydrogen) atoms. The van der Waals surface area contributed by atoms with E-state index in [1.54, 1.807) is 11.1 Å². The second-order valence-corrected chi connectivity index (χ2v) is 25.1. The number of halogens is 3. The number of carbonyl (C=O) groups is 1. The summed E-state index contributed by atoms with van der Waals surface area (Å²) < 4.78 is 6.64. The summed E-state index contributed by atoms with van der Waals surface area (Å²) in [4.78, 5) is 15.8. The highest BCUT2D eigenvalue weighted by molar-refractivity contribution is 14.0. The molecule has 4 heterocycles. The number of rotatable bonds is 14. The largest absolute Gasteiger partial charge is 1.00 e. The molecule has 0 radical (unpaired) electrons. The molecule has 0 aliphatic carbocycles. The molecule has 9 heteroatoms. The molecular formula is C109H163I3N5O+. The Hall–Kier alpha value is -14.9. The molecule has 650 valence electrons. The second-order valence-electron chi connectivity index (χ2n) is 25.1. The van der Waals surface area contributed by atoms with Crippen molar-refractivity contribution in [3.63, 3.8) is 0 Å². The Kier molecular flexibility index (Phi) is 44.9. The number of amides is 1. The summed E-state index contributed by atoms with van der Waals surface area (Å²) in [5, 5.41) is 2.62. The highest BCUT2D eigenvalue weighted by atomic mass is 127. The van der Waals surface area contributed by atoms with E-state index in [0.29, 0.717) is 0 Å². The van der Waals surface area contributed by atoms with E-state index in [0.717, 1.165) is 53.5 Å². The van der Waals surface area contributed by atoms with Crippen LogP contribution in [0.5, 0.6) is 0 Å². The number of carbonyl (C=O) groups excluding carboxylic acids is 1. The number of benzene rings is 5. The van der Waals surface area contributed by atoms with Crippen LogP contribution in [0.1, 0.15) is 166 Å². The van der Waals surface area contributed by atoms with E-state index in [1.165, 1.54) is 71.1 Å². The van der Waals surface area contributed by atoms with Gasteiger partial charge in [-0.2, -0.15) is 9.13 Å². The quantitative estimate of drug-likeness (QED) is 0.0358. The zero-order valence-electron chi connectivity index (χ0n) is 66.5. The Morgan fingerprint density at radius 3 is 1.38 bits per heavy atom. The maximum absolute atomic E-state index is 12.2. The van der Waals surface area contributed by atoms with Crippen LogP contribution in [-0.4, -0.2) is 16.2 Å². The standard InChI is InChI=1S/C50H31N2.C44H23N2O.C15H20N.3HI.44H2/c1-5-7-9-10-11-12-13-14-15-16-17-18-19-20-21-22-23-24-25-33-42-52-48-38-32-30-36-46(48)50(3,4)49(52)39-28-26-27-34-44-40-43-51(41-8-6-2)47-37-31-29-35-45(44)47;1-5-6-7-8-9-10-11-12-13-14-15-16-17-18-19-20-21-22-23-30-38-46-42-35-28-27-34-41(42)44(3,4)43(46)36-29-31-37-45(39(2)47)40-32-25-24-26-33-40;1-3-4-7-11-16-12-10-13(2)14-8-5-6-9-15(14)16;;;;;;;;;;;;;;;;;;;;;;;;;;;;;;;;;;;;;;;;;;;;;;;/h1,26-32,34-40,43H,6,8,41H2,2-4H3;1,24-29,31-37H,2-4H3;5-6,8-10,12H,3-4,7,11H2,1-2H3;47*1H/q3*+1;;;;;;;;;;;;;;;;;;;;;;;;;;;;;;;;;;;;;;;;;;;;;;;/p-2. The van der Waals surface area contributed by atoms with Gasteiger partial charge in [-0.3, -0.25) is 14.6 Å². The molecule has 9 rings (SSSR count). The van der Waals surface area contributed by atoms with E-state index in [1.807, 2.05) is 82.3 Å². The molecular weight excluding hydrogens is 1780 g/mol. The average Bonchev–Trinajstić information content (AvgIpc) is 1.60. The number of nitrogens with zero attached hydrogens (tertiary/aromatic N) is 5. The van der Waals surface area contributed by atoms with Crippen molar-refractivity contribution in [1.82, 2.24) is 0 Å². The molecule has 0 bridgehead atoms. The minimum atomic E-state index is -0.308. The summed E-state index contributed by atoms with van der Waals surface area (Å²) in [6, 6.07) is 53.9. The van der Waals surface area contributed by atoms with Gasteiger partial charge in [0.15, 0.2) is 12.4 Å². The molecule has 7 aromatic rings. The van der Waals surface area contributed by atoms with Crippen LogP contribution in [0.2, 0.25) is 0 Å². The van der Waals surface area contributed by atoms with Gasteiger partial charge in [0.1, 0.15) is 13.1 Å². The zero-order chi connectivity index (χ0) is 81.7. The molecule has 0 atom stereocenters. The number of hydrogen-bond acceptors (Lipinski definition) is 2. The lowest BCUT2D eigenvalue weighted by molar-refractivity contribution is -0.672. The number of para-hydroxylation sites is 5. The van der Waals surface area contributed by atoms with Gasteiger partial charge >= 0.3 is 0 Å². The van der Waals surface area contributed by atoms with Crippen LogP contribution < -0.4 is 66.9 Å². The monoisotopic (exact) mass is 1940 g/mol. The van der Waals surface area contributed by atoms with Gasteiger partial charge in [-0.25, -0.2) is 0 Å². The maximum Gasteiger partial charge on any atom is 0.243 e. The normalized spacial score (nSPS) is 10.7. The molecule has 2 aliphatic rings. The molecule has 0 saturated carbocycles. The topological polar surface area (TPSA) is 34.3 Å². The Labute approximate surface area is 817 Å². The third kappa shape index (κ3) is 31.6. The minimum absolute atomic E-state index is 0. The molecule has 0 saturated heterocycles. The van der Waals surface area contributed by atoms with Crippen LogP contribution in [0.4, 0.5) is 17.1 Å². The predicted molar refractivity (Wildman–Crippen MR) is 580 cm³/mol. The first-order valence-corrected chi connectivity index (χ1v) is 36.5. The lowest BCUT2D eigenvalue weighted by atomic mass is 9.81. The minimum Gasteiger partial charge on any atom is -1.00 e. The fourth-order valence-corrected chi connectivity index (χ4v) is 11.3. The van der Waals surface area contributed by atoms with Crippen molar-refractivity contribution >= 4 is 80.5 Å². The second kappa shape index (κ2) is 55.5. The number of anilines is 2. The summed E-state index contributed by atoms with van der Waals surface area (Å²) in [6.07, 6.45) is 38.5. The van der Waals surface area contributed by atoms with E-state index >= 15 is 0 Å². The van der Waals surface area contributed by atoms with Crippen LogP contribution in [0, 0.1) is 269 Å². The Morgan fingerprint density at radius 2 is 0.864 bits per heavy atom. The first-order chi connectivity index (χ1) is 56.4. The van der Waals surface area contributed by atoms with Gasteiger partial charge in [0, 0.05) is 295 Å². The summed E-state index contributed by atoms with van der Waals surface area (Å²) in [5.41, 5.74) is 11.8. The fraction of sp³-hybridized carbons (Fsp3) is 0.156. The Balaban J connectivity index is -0.0000000323. The maximum atomic E-state index is 12.2. The lowest BCUT2D eigenvalue weighted by Crippen LogP contribution is -3.00. The number of pyridine rings is 2. The first-order valence-electron chi connectivity index (χ1n) is 36.5. The number of allylic oxidation sites excluding steroid dienone is 8. The van der Waals surface area contributed by atoms with Gasteiger partial charge in [-0.15, -0.1) is 41.4 Å². The summed E-state index contributed by atoms with van der Waals surface area (Å²) in [5.74, 6) is 102. The van der Waals surface area contributed by atoms with Crippen molar-refractivity contribution in [2.75, 3.05) is 9.80 Å². The molecule has 0 N–H and O–H groups in total. The van der Waals surface area contributed by atoms with Crippen molar-refractivity contribution in [3.05, 3.63) is 229 Å². The molecule has 2 aliphatic heterocycles. The number of aryl methyl sites for hydroxylation is 3. The summed E-state index contributed by atoms with van der Waals surface area (Å²) in [6.45, 7) is 19.0. The third-order valence-corrected chi connectivity index (χ3v) is 16.7. The van der Waals surface area contributed by atoms with Gasteiger partial charge in [0.2, 0.25) is 34.4 Å². The van der Waals surface area contributed by atoms with Crippen molar-refractivity contribution in [2.45, 2.75) is 111 Å². The van der Waals surface area contributed by atoms with Crippen LogP contribution in [-0.2, 0) is 28.7 Å². The number of terminal acetylenes is 2. The van der Waals surface area contributed by atoms with Crippen LogP contribution in [0.25, 0.3) is 27.9 Å². The Morgan fingerprint density at radius 1 is 0.441 bits per heavy atom. The number of unbranched alkanes of at least 4 members (excludes halogenated alkanes) is 3. The number of fused-ring (bicyclic) bond motifs is 4. The lowest BCUT2D eigenvalue weighted by Gasteiger charge is -2.22. The molecule has 2 aromatic heterocycles. The average molecular weight is 1940 g/mol. The summed E-state index contributed by atoms with van der Waals surface area (Å²) in [7, 11) is 0. The van der Waals surface area contributed by atoms with Crippen LogP contribution in [0.15, 0.2) is 206 Å². The third-order valence-electron chi connectivity index (χ3n) is 16.7. The highest BCUT2D eigenvalue weighted by Crippen LogP contribution is 2.47.